The van der Waals surface area contributed by atoms with E-state index < -0.39 is 11.2 Å². The van der Waals surface area contributed by atoms with Gasteiger partial charge in [0.2, 0.25) is 0 Å². The van der Waals surface area contributed by atoms with Crippen molar-refractivity contribution in [2.45, 2.75) is 89.9 Å². The average molecular weight is 431 g/mol. The molecule has 0 radical (unpaired) electrons. The quantitative estimate of drug-likeness (QED) is 0.501. The molecule has 5 aliphatic rings. The minimum atomic E-state index is -0.566. The Kier molecular flexibility index (Phi) is 4.39. The minimum absolute atomic E-state index is 0.00112. The molecule has 170 valence electrons. The van der Waals surface area contributed by atoms with Gasteiger partial charge in [-0.1, -0.05) is 26.3 Å². The summed E-state index contributed by atoms with van der Waals surface area (Å²) in [5.41, 5.74) is -0.438. The van der Waals surface area contributed by atoms with Crippen molar-refractivity contribution >= 4 is 17.7 Å². The summed E-state index contributed by atoms with van der Waals surface area (Å²) in [6.45, 7) is 8.35. The van der Waals surface area contributed by atoms with Crippen LogP contribution in [0.25, 0.3) is 0 Å². The van der Waals surface area contributed by atoms with Gasteiger partial charge in [-0.05, 0) is 51.0 Å². The number of ketones is 1. The molecule has 31 heavy (non-hydrogen) atoms. The van der Waals surface area contributed by atoms with Gasteiger partial charge in [0, 0.05) is 29.6 Å². The zero-order valence-electron chi connectivity index (χ0n) is 19.3. The molecule has 4 fully saturated rings. The van der Waals surface area contributed by atoms with E-state index in [1.54, 1.807) is 6.08 Å². The standard InChI is InChI=1S/C25H34O6/c1-6-19(27)31-24(4)10-8-17-20-16(21(28)29-5)12-14-11-15(26)7-9-22(14,2)25(20)18(30-25)13-23(17,24)3/h11,16-18,20H,6-10,12-13H2,1-5H3/t16-,17?,18-,20?,22+,23+,24+,25-/m1/s1. The predicted molar refractivity (Wildman–Crippen MR) is 112 cm³/mol. The molecule has 1 saturated heterocycles. The summed E-state index contributed by atoms with van der Waals surface area (Å²) < 4.78 is 18.0. The summed E-state index contributed by atoms with van der Waals surface area (Å²) in [6.07, 6.45) is 6.49. The third-order valence-electron chi connectivity index (χ3n) is 10.0. The Bertz CT molecular complexity index is 892. The van der Waals surface area contributed by atoms with Crippen molar-refractivity contribution in [3.63, 3.8) is 0 Å². The molecular formula is C25H34O6. The van der Waals surface area contributed by atoms with Gasteiger partial charge in [0.15, 0.2) is 5.78 Å². The Morgan fingerprint density at radius 1 is 1.23 bits per heavy atom. The molecule has 1 heterocycles. The number of methoxy groups -OCH3 is 1. The van der Waals surface area contributed by atoms with Gasteiger partial charge in [-0.3, -0.25) is 14.4 Å². The number of carbonyl (C=O) groups is 3. The maximum Gasteiger partial charge on any atom is 0.309 e. The molecule has 0 N–H and O–H groups in total. The van der Waals surface area contributed by atoms with Crippen LogP contribution in [0.15, 0.2) is 11.6 Å². The zero-order valence-corrected chi connectivity index (χ0v) is 19.3. The van der Waals surface area contributed by atoms with Crippen LogP contribution < -0.4 is 0 Å². The Hall–Kier alpha value is -1.69. The first kappa shape index (κ1) is 21.2. The normalized spacial score (nSPS) is 49.7. The maximum atomic E-state index is 13.0. The van der Waals surface area contributed by atoms with Crippen molar-refractivity contribution in [1.82, 2.24) is 0 Å². The predicted octanol–water partition coefficient (Wildman–Crippen LogP) is 3.76. The molecule has 1 spiro atoms. The number of hydrogen-bond donors (Lipinski definition) is 0. The topological polar surface area (TPSA) is 82.2 Å². The molecule has 8 atom stereocenters. The van der Waals surface area contributed by atoms with Gasteiger partial charge in [0.05, 0.1) is 19.1 Å². The summed E-state index contributed by atoms with van der Waals surface area (Å²) in [7, 11) is 1.44. The van der Waals surface area contributed by atoms with Crippen LogP contribution in [0.3, 0.4) is 0 Å². The highest BCUT2D eigenvalue weighted by atomic mass is 16.6. The van der Waals surface area contributed by atoms with Gasteiger partial charge < -0.3 is 14.2 Å². The minimum Gasteiger partial charge on any atom is -0.469 e. The van der Waals surface area contributed by atoms with E-state index in [4.69, 9.17) is 14.2 Å². The van der Waals surface area contributed by atoms with Gasteiger partial charge >= 0.3 is 11.9 Å². The van der Waals surface area contributed by atoms with E-state index in [1.165, 1.54) is 7.11 Å². The van der Waals surface area contributed by atoms with Crippen LogP contribution in [0.5, 0.6) is 0 Å². The number of esters is 2. The van der Waals surface area contributed by atoms with Gasteiger partial charge in [-0.2, -0.15) is 0 Å². The highest BCUT2D eigenvalue weighted by molar-refractivity contribution is 5.92. The largest absolute Gasteiger partial charge is 0.469 e. The Balaban J connectivity index is 1.61. The molecule has 0 bridgehead atoms. The van der Waals surface area contributed by atoms with Crippen LogP contribution in [0, 0.1) is 28.6 Å². The van der Waals surface area contributed by atoms with Crippen molar-refractivity contribution in [3.8, 4) is 0 Å². The second kappa shape index (κ2) is 6.43. The highest BCUT2D eigenvalue weighted by Gasteiger charge is 2.82. The van der Waals surface area contributed by atoms with Crippen LogP contribution in [0.1, 0.15) is 72.6 Å². The molecule has 0 amide bonds. The van der Waals surface area contributed by atoms with Crippen LogP contribution >= 0.6 is 0 Å². The summed E-state index contributed by atoms with van der Waals surface area (Å²) in [5, 5.41) is 0. The number of ether oxygens (including phenoxy) is 3. The molecule has 0 aromatic heterocycles. The second-order valence-electron chi connectivity index (χ2n) is 11.1. The van der Waals surface area contributed by atoms with E-state index in [9.17, 15) is 14.4 Å². The van der Waals surface area contributed by atoms with Gasteiger partial charge in [0.1, 0.15) is 11.2 Å². The SMILES string of the molecule is CCC(=O)O[C@@]1(C)CCC2C3[C@H](C(=O)OC)CC4=CC(=O)CC[C@]4(C)[C@]34O[C@@H]4C[C@@]21C. The summed E-state index contributed by atoms with van der Waals surface area (Å²) in [6, 6.07) is 0. The lowest BCUT2D eigenvalue weighted by Gasteiger charge is -2.58. The van der Waals surface area contributed by atoms with Crippen molar-refractivity contribution in [3.05, 3.63) is 11.6 Å². The molecule has 4 aliphatic carbocycles. The van der Waals surface area contributed by atoms with Crippen LogP contribution in [0.2, 0.25) is 0 Å². The van der Waals surface area contributed by atoms with Gasteiger partial charge in [0.25, 0.3) is 0 Å². The van der Waals surface area contributed by atoms with Crippen molar-refractivity contribution in [1.29, 1.82) is 0 Å². The lowest BCUT2D eigenvalue weighted by atomic mass is 9.44. The Labute approximate surface area is 184 Å². The third kappa shape index (κ3) is 2.46. The molecule has 1 aliphatic heterocycles. The fraction of sp³-hybridized carbons (Fsp3) is 0.800. The number of fused-ring (bicyclic) bond motifs is 3. The van der Waals surface area contributed by atoms with E-state index in [2.05, 4.69) is 20.8 Å². The zero-order chi connectivity index (χ0) is 22.4. The smallest absolute Gasteiger partial charge is 0.309 e. The number of epoxide rings is 1. The van der Waals surface area contributed by atoms with Gasteiger partial charge in [-0.25, -0.2) is 0 Å². The molecule has 6 heteroatoms. The Morgan fingerprint density at radius 3 is 2.65 bits per heavy atom. The first-order valence-electron chi connectivity index (χ1n) is 11.8. The molecular weight excluding hydrogens is 396 g/mol. The fourth-order valence-corrected chi connectivity index (χ4v) is 8.10. The molecule has 6 nitrogen and oxygen atoms in total. The third-order valence-corrected chi connectivity index (χ3v) is 10.0. The van der Waals surface area contributed by atoms with Crippen LogP contribution in [-0.2, 0) is 28.6 Å². The lowest BCUT2D eigenvalue weighted by molar-refractivity contribution is -0.181. The van der Waals surface area contributed by atoms with Crippen molar-refractivity contribution < 1.29 is 28.6 Å². The number of carbonyl (C=O) groups excluding carboxylic acids is 3. The summed E-state index contributed by atoms with van der Waals surface area (Å²) in [5.74, 6) is -0.392. The monoisotopic (exact) mass is 430 g/mol. The molecule has 0 aromatic rings. The molecule has 3 saturated carbocycles. The number of rotatable bonds is 3. The van der Waals surface area contributed by atoms with E-state index in [0.29, 0.717) is 19.3 Å². The van der Waals surface area contributed by atoms with E-state index in [0.717, 1.165) is 31.3 Å². The lowest BCUT2D eigenvalue weighted by Crippen LogP contribution is -2.63. The Morgan fingerprint density at radius 2 is 1.97 bits per heavy atom. The first-order valence-corrected chi connectivity index (χ1v) is 11.8. The summed E-state index contributed by atoms with van der Waals surface area (Å²) >= 11 is 0. The van der Waals surface area contributed by atoms with E-state index in [-0.39, 0.29) is 52.4 Å². The second-order valence-corrected chi connectivity index (χ2v) is 11.1. The maximum absolute atomic E-state index is 13.0. The first-order chi connectivity index (χ1) is 14.6. The average Bonchev–Trinajstić information content (AvgIpc) is 3.39. The van der Waals surface area contributed by atoms with Gasteiger partial charge in [-0.15, -0.1) is 0 Å². The molecule has 0 aromatic carbocycles. The van der Waals surface area contributed by atoms with Crippen LogP contribution in [-0.4, -0.2) is 42.1 Å². The fourth-order valence-electron chi connectivity index (χ4n) is 8.10. The molecule has 5 rings (SSSR count). The highest BCUT2D eigenvalue weighted by Crippen LogP contribution is 2.77. The molecule has 2 unspecified atom stereocenters. The van der Waals surface area contributed by atoms with Crippen molar-refractivity contribution in [2.75, 3.05) is 7.11 Å². The van der Waals surface area contributed by atoms with E-state index >= 15 is 0 Å². The number of hydrogen-bond acceptors (Lipinski definition) is 6. The summed E-state index contributed by atoms with van der Waals surface area (Å²) in [4.78, 5) is 37.6. The van der Waals surface area contributed by atoms with Crippen LogP contribution in [0.4, 0.5) is 0 Å². The van der Waals surface area contributed by atoms with E-state index in [1.807, 2.05) is 6.92 Å². The van der Waals surface area contributed by atoms with Crippen molar-refractivity contribution in [2.24, 2.45) is 28.6 Å².